The monoisotopic (exact) mass is 380 g/mol. The number of pyridine rings is 1. The van der Waals surface area contributed by atoms with E-state index in [2.05, 4.69) is 10.6 Å². The number of hydrogen-bond acceptors (Lipinski definition) is 4. The van der Waals surface area contributed by atoms with Gasteiger partial charge in [-0.3, -0.25) is 19.2 Å². The summed E-state index contributed by atoms with van der Waals surface area (Å²) in [6.45, 7) is 2.31. The van der Waals surface area contributed by atoms with Gasteiger partial charge in [0.15, 0.2) is 0 Å². The molecule has 8 heteroatoms. The Labute approximate surface area is 161 Å². The average Bonchev–Trinajstić information content (AvgIpc) is 3.13. The van der Waals surface area contributed by atoms with Crippen molar-refractivity contribution >= 4 is 29.1 Å². The first-order chi connectivity index (χ1) is 13.4. The largest absolute Gasteiger partial charge is 0.327 e. The van der Waals surface area contributed by atoms with E-state index < -0.39 is 17.5 Å². The first-order valence-corrected chi connectivity index (χ1v) is 9.10. The summed E-state index contributed by atoms with van der Waals surface area (Å²) in [6.07, 6.45) is 1.43. The molecule has 2 aliphatic heterocycles. The smallest absolute Gasteiger partial charge is 0.263 e. The van der Waals surface area contributed by atoms with E-state index >= 15 is 0 Å². The zero-order valence-corrected chi connectivity index (χ0v) is 15.6. The summed E-state index contributed by atoms with van der Waals surface area (Å²) in [7, 11) is 1.60. The standard InChI is InChI=1S/C20H20N4O4/c1-11-5-7-13(19(27)23(11)2)17(25)21-12-6-8-15-14(10-12)20(28)24-9-3-4-16(24)18(26)22-15/h5-8,10,16H,3-4,9H2,1-2H3,(H,21,25)(H,22,26)/t16-/m0/s1. The predicted molar refractivity (Wildman–Crippen MR) is 104 cm³/mol. The Hall–Kier alpha value is -3.42. The minimum absolute atomic E-state index is 0.0160. The molecule has 2 N–H and O–H groups in total. The third-order valence-corrected chi connectivity index (χ3v) is 5.38. The van der Waals surface area contributed by atoms with Crippen molar-refractivity contribution in [2.45, 2.75) is 25.8 Å². The van der Waals surface area contributed by atoms with Crippen molar-refractivity contribution in [2.24, 2.45) is 7.05 Å². The highest BCUT2D eigenvalue weighted by Crippen LogP contribution is 2.30. The molecule has 1 atom stereocenters. The van der Waals surface area contributed by atoms with Gasteiger partial charge >= 0.3 is 0 Å². The lowest BCUT2D eigenvalue weighted by molar-refractivity contribution is -0.119. The molecule has 4 rings (SSSR count). The molecule has 8 nitrogen and oxygen atoms in total. The van der Waals surface area contributed by atoms with Crippen molar-refractivity contribution < 1.29 is 14.4 Å². The van der Waals surface area contributed by atoms with E-state index in [0.29, 0.717) is 29.9 Å². The minimum atomic E-state index is -0.551. The highest BCUT2D eigenvalue weighted by atomic mass is 16.2. The van der Waals surface area contributed by atoms with E-state index in [1.54, 1.807) is 37.1 Å². The molecule has 0 saturated carbocycles. The molecule has 2 aliphatic rings. The number of aryl methyl sites for hydroxylation is 1. The SMILES string of the molecule is Cc1ccc(C(=O)Nc2ccc3c(c2)C(=O)N2CCC[C@H]2C(=O)N3)c(=O)n1C. The third-order valence-electron chi connectivity index (χ3n) is 5.38. The van der Waals surface area contributed by atoms with E-state index in [0.717, 1.165) is 12.1 Å². The molecule has 0 aliphatic carbocycles. The second kappa shape index (κ2) is 6.63. The maximum Gasteiger partial charge on any atom is 0.263 e. The Bertz CT molecular complexity index is 1070. The van der Waals surface area contributed by atoms with Crippen molar-refractivity contribution in [1.29, 1.82) is 0 Å². The number of aromatic nitrogens is 1. The molecule has 144 valence electrons. The van der Waals surface area contributed by atoms with Crippen LogP contribution in [0, 0.1) is 6.92 Å². The molecule has 3 amide bonds. The summed E-state index contributed by atoms with van der Waals surface area (Å²) >= 11 is 0. The van der Waals surface area contributed by atoms with Gasteiger partial charge in [-0.2, -0.15) is 0 Å². The van der Waals surface area contributed by atoms with Gasteiger partial charge < -0.3 is 20.1 Å². The van der Waals surface area contributed by atoms with E-state index in [1.807, 2.05) is 0 Å². The predicted octanol–water partition coefficient (Wildman–Crippen LogP) is 1.50. The number of rotatable bonds is 2. The van der Waals surface area contributed by atoms with Crippen molar-refractivity contribution in [3.63, 3.8) is 0 Å². The molecule has 3 heterocycles. The third kappa shape index (κ3) is 2.87. The molecule has 1 aromatic heterocycles. The normalized spacial score (nSPS) is 18.2. The summed E-state index contributed by atoms with van der Waals surface area (Å²) in [5.41, 5.74) is 1.50. The van der Waals surface area contributed by atoms with Gasteiger partial charge in [-0.1, -0.05) is 0 Å². The summed E-state index contributed by atoms with van der Waals surface area (Å²) in [5.74, 6) is -0.979. The van der Waals surface area contributed by atoms with Crippen LogP contribution in [0.2, 0.25) is 0 Å². The first kappa shape index (κ1) is 18.0. The van der Waals surface area contributed by atoms with Crippen LogP contribution in [0.4, 0.5) is 11.4 Å². The van der Waals surface area contributed by atoms with Crippen LogP contribution in [-0.4, -0.2) is 39.8 Å². The van der Waals surface area contributed by atoms with Crippen molar-refractivity contribution in [3.05, 3.63) is 57.5 Å². The number of fused-ring (bicyclic) bond motifs is 2. The Kier molecular flexibility index (Phi) is 4.26. The minimum Gasteiger partial charge on any atom is -0.327 e. The quantitative estimate of drug-likeness (QED) is 0.825. The van der Waals surface area contributed by atoms with E-state index in [9.17, 15) is 19.2 Å². The number of amides is 3. The molecule has 0 bridgehead atoms. The van der Waals surface area contributed by atoms with Gasteiger partial charge in [0.05, 0.1) is 11.3 Å². The Morgan fingerprint density at radius 1 is 1.18 bits per heavy atom. The number of benzene rings is 1. The van der Waals surface area contributed by atoms with Crippen LogP contribution in [-0.2, 0) is 11.8 Å². The number of hydrogen-bond donors (Lipinski definition) is 2. The average molecular weight is 380 g/mol. The topological polar surface area (TPSA) is 101 Å². The number of carbonyl (C=O) groups is 3. The maximum atomic E-state index is 12.9. The van der Waals surface area contributed by atoms with Gasteiger partial charge in [-0.25, -0.2) is 0 Å². The van der Waals surface area contributed by atoms with Crippen LogP contribution in [0.15, 0.2) is 35.1 Å². The lowest BCUT2D eigenvalue weighted by Gasteiger charge is -2.20. The molecular weight excluding hydrogens is 360 g/mol. The second-order valence-corrected chi connectivity index (χ2v) is 7.11. The Morgan fingerprint density at radius 2 is 1.96 bits per heavy atom. The molecule has 2 aromatic rings. The molecular formula is C20H20N4O4. The number of nitrogens with one attached hydrogen (secondary N) is 2. The summed E-state index contributed by atoms with van der Waals surface area (Å²) in [5, 5.41) is 5.46. The van der Waals surface area contributed by atoms with E-state index in [-0.39, 0.29) is 17.4 Å². The highest BCUT2D eigenvalue weighted by Gasteiger charge is 2.38. The van der Waals surface area contributed by atoms with Gasteiger partial charge in [-0.05, 0) is 50.1 Å². The fourth-order valence-corrected chi connectivity index (χ4v) is 3.66. The molecule has 1 aromatic carbocycles. The summed E-state index contributed by atoms with van der Waals surface area (Å²) in [6, 6.07) is 7.45. The van der Waals surface area contributed by atoms with Crippen molar-refractivity contribution in [2.75, 3.05) is 17.2 Å². The molecule has 1 fully saturated rings. The molecule has 28 heavy (non-hydrogen) atoms. The Morgan fingerprint density at radius 3 is 2.75 bits per heavy atom. The number of nitrogens with zero attached hydrogens (tertiary/aromatic N) is 2. The molecule has 0 unspecified atom stereocenters. The lowest BCUT2D eigenvalue weighted by atomic mass is 10.1. The summed E-state index contributed by atoms with van der Waals surface area (Å²) in [4.78, 5) is 51.7. The van der Waals surface area contributed by atoms with Crippen LogP contribution in [0.25, 0.3) is 0 Å². The first-order valence-electron chi connectivity index (χ1n) is 9.10. The van der Waals surface area contributed by atoms with Gasteiger partial charge in [0.1, 0.15) is 11.6 Å². The van der Waals surface area contributed by atoms with Crippen LogP contribution in [0.5, 0.6) is 0 Å². The zero-order chi connectivity index (χ0) is 20.0. The van der Waals surface area contributed by atoms with Crippen LogP contribution >= 0.6 is 0 Å². The molecule has 0 radical (unpaired) electrons. The molecule has 0 spiro atoms. The summed E-state index contributed by atoms with van der Waals surface area (Å²) < 4.78 is 1.40. The highest BCUT2D eigenvalue weighted by molar-refractivity contribution is 6.11. The second-order valence-electron chi connectivity index (χ2n) is 7.11. The number of anilines is 2. The van der Waals surface area contributed by atoms with Gasteiger partial charge in [-0.15, -0.1) is 0 Å². The van der Waals surface area contributed by atoms with Gasteiger partial charge in [0, 0.05) is 25.0 Å². The van der Waals surface area contributed by atoms with E-state index in [4.69, 9.17) is 0 Å². The molecule has 1 saturated heterocycles. The Balaban J connectivity index is 1.65. The fourth-order valence-electron chi connectivity index (χ4n) is 3.66. The van der Waals surface area contributed by atoms with Crippen molar-refractivity contribution in [1.82, 2.24) is 9.47 Å². The fraction of sp³-hybridized carbons (Fsp3) is 0.300. The van der Waals surface area contributed by atoms with E-state index in [1.165, 1.54) is 16.7 Å². The zero-order valence-electron chi connectivity index (χ0n) is 15.6. The van der Waals surface area contributed by atoms with Gasteiger partial charge in [0.2, 0.25) is 5.91 Å². The van der Waals surface area contributed by atoms with Gasteiger partial charge in [0.25, 0.3) is 17.4 Å². The van der Waals surface area contributed by atoms with Crippen molar-refractivity contribution in [3.8, 4) is 0 Å². The van der Waals surface area contributed by atoms with Crippen LogP contribution in [0.1, 0.15) is 39.3 Å². The lowest BCUT2D eigenvalue weighted by Crippen LogP contribution is -2.40. The maximum absolute atomic E-state index is 12.9. The van der Waals surface area contributed by atoms with Crippen LogP contribution < -0.4 is 16.2 Å². The van der Waals surface area contributed by atoms with Crippen LogP contribution in [0.3, 0.4) is 0 Å². The number of carbonyl (C=O) groups excluding carboxylic acids is 3.